The zero-order chi connectivity index (χ0) is 9.68. The average molecular weight is 182 g/mol. The Balaban J connectivity index is 2.41. The van der Waals surface area contributed by atoms with E-state index in [-0.39, 0.29) is 6.03 Å². The number of amides is 2. The van der Waals surface area contributed by atoms with Gasteiger partial charge in [0, 0.05) is 19.7 Å². The van der Waals surface area contributed by atoms with E-state index in [1.54, 1.807) is 24.0 Å². The molecule has 13 heavy (non-hydrogen) atoms. The highest BCUT2D eigenvalue weighted by Gasteiger charge is 2.02. The van der Waals surface area contributed by atoms with Gasteiger partial charge in [-0.3, -0.25) is 10.00 Å². The normalized spacial score (nSPS) is 9.69. The molecule has 1 rings (SSSR count). The van der Waals surface area contributed by atoms with Gasteiger partial charge in [-0.15, -0.1) is 0 Å². The van der Waals surface area contributed by atoms with Gasteiger partial charge in [-0.25, -0.2) is 4.79 Å². The molecule has 0 saturated carbocycles. The van der Waals surface area contributed by atoms with Gasteiger partial charge in [-0.1, -0.05) is 6.92 Å². The molecule has 0 fully saturated rings. The monoisotopic (exact) mass is 182 g/mol. The molecule has 2 N–H and O–H groups in total. The Morgan fingerprint density at radius 2 is 2.46 bits per heavy atom. The van der Waals surface area contributed by atoms with Crippen LogP contribution in [-0.4, -0.2) is 22.4 Å². The standard InChI is InChI=1S/C8H14N4O/c1-3-5-9-8(13)11-7-4-6-10-12(7)2/h4,6H,3,5H2,1-2H3,(H2,9,11,13). The molecule has 0 aromatic carbocycles. The summed E-state index contributed by atoms with van der Waals surface area (Å²) < 4.78 is 1.60. The highest BCUT2D eigenvalue weighted by molar-refractivity contribution is 5.88. The maximum Gasteiger partial charge on any atom is 0.320 e. The fourth-order valence-electron chi connectivity index (χ4n) is 0.896. The van der Waals surface area contributed by atoms with Crippen molar-refractivity contribution in [1.29, 1.82) is 0 Å². The molecule has 0 aliphatic carbocycles. The fraction of sp³-hybridized carbons (Fsp3) is 0.500. The highest BCUT2D eigenvalue weighted by atomic mass is 16.2. The number of rotatable bonds is 3. The Bertz CT molecular complexity index is 281. The van der Waals surface area contributed by atoms with Crippen LogP contribution in [-0.2, 0) is 7.05 Å². The van der Waals surface area contributed by atoms with E-state index < -0.39 is 0 Å². The van der Waals surface area contributed by atoms with Crippen molar-refractivity contribution < 1.29 is 4.79 Å². The Labute approximate surface area is 77.1 Å². The van der Waals surface area contributed by atoms with Crippen molar-refractivity contribution in [2.24, 2.45) is 7.05 Å². The van der Waals surface area contributed by atoms with Crippen molar-refractivity contribution in [3.63, 3.8) is 0 Å². The van der Waals surface area contributed by atoms with E-state index in [1.807, 2.05) is 6.92 Å². The van der Waals surface area contributed by atoms with Crippen LogP contribution in [0, 0.1) is 0 Å². The first-order valence-corrected chi connectivity index (χ1v) is 4.27. The predicted octanol–water partition coefficient (Wildman–Crippen LogP) is 0.952. The molecule has 1 aromatic heterocycles. The molecule has 5 heteroatoms. The van der Waals surface area contributed by atoms with Crippen LogP contribution in [0.15, 0.2) is 12.3 Å². The lowest BCUT2D eigenvalue weighted by Gasteiger charge is -2.05. The molecule has 0 saturated heterocycles. The largest absolute Gasteiger partial charge is 0.338 e. The number of aryl methyl sites for hydroxylation is 1. The molecule has 0 spiro atoms. The Kier molecular flexibility index (Phi) is 3.31. The highest BCUT2D eigenvalue weighted by Crippen LogP contribution is 2.01. The number of anilines is 1. The minimum absolute atomic E-state index is 0.189. The van der Waals surface area contributed by atoms with Gasteiger partial charge in [0.25, 0.3) is 0 Å². The van der Waals surface area contributed by atoms with Crippen LogP contribution in [0.1, 0.15) is 13.3 Å². The maximum atomic E-state index is 11.2. The van der Waals surface area contributed by atoms with E-state index in [4.69, 9.17) is 0 Å². The third kappa shape index (κ3) is 2.77. The molecule has 0 aliphatic rings. The summed E-state index contributed by atoms with van der Waals surface area (Å²) in [5, 5.41) is 9.31. The number of carbonyl (C=O) groups excluding carboxylic acids is 1. The van der Waals surface area contributed by atoms with Gasteiger partial charge in [0.15, 0.2) is 0 Å². The van der Waals surface area contributed by atoms with Crippen molar-refractivity contribution in [1.82, 2.24) is 15.1 Å². The van der Waals surface area contributed by atoms with Gasteiger partial charge >= 0.3 is 6.03 Å². The van der Waals surface area contributed by atoms with Gasteiger partial charge in [-0.05, 0) is 6.42 Å². The van der Waals surface area contributed by atoms with E-state index in [0.29, 0.717) is 12.4 Å². The van der Waals surface area contributed by atoms with Crippen LogP contribution in [0.3, 0.4) is 0 Å². The third-order valence-electron chi connectivity index (χ3n) is 1.60. The molecule has 1 heterocycles. The summed E-state index contributed by atoms with van der Waals surface area (Å²) in [5.74, 6) is 0.689. The number of nitrogens with one attached hydrogen (secondary N) is 2. The van der Waals surface area contributed by atoms with Crippen LogP contribution >= 0.6 is 0 Å². The number of nitrogens with zero attached hydrogens (tertiary/aromatic N) is 2. The number of aromatic nitrogens is 2. The van der Waals surface area contributed by atoms with Crippen LogP contribution in [0.2, 0.25) is 0 Å². The van der Waals surface area contributed by atoms with E-state index in [2.05, 4.69) is 15.7 Å². The van der Waals surface area contributed by atoms with E-state index in [9.17, 15) is 4.79 Å². The van der Waals surface area contributed by atoms with Crippen molar-refractivity contribution in [3.8, 4) is 0 Å². The topological polar surface area (TPSA) is 59.0 Å². The molecule has 0 atom stereocenters. The Morgan fingerprint density at radius 1 is 1.69 bits per heavy atom. The lowest BCUT2D eigenvalue weighted by molar-refractivity contribution is 0.252. The second-order valence-corrected chi connectivity index (χ2v) is 2.72. The summed E-state index contributed by atoms with van der Waals surface area (Å²) in [6.45, 7) is 2.69. The zero-order valence-corrected chi connectivity index (χ0v) is 7.87. The molecule has 72 valence electrons. The van der Waals surface area contributed by atoms with E-state index >= 15 is 0 Å². The smallest absolute Gasteiger partial charge is 0.320 e. The first-order chi connectivity index (χ1) is 6.24. The van der Waals surface area contributed by atoms with Crippen LogP contribution < -0.4 is 10.6 Å². The summed E-state index contributed by atoms with van der Waals surface area (Å²) in [7, 11) is 1.77. The number of urea groups is 1. The lowest BCUT2D eigenvalue weighted by atomic mass is 10.5. The van der Waals surface area contributed by atoms with Gasteiger partial charge in [0.1, 0.15) is 5.82 Å². The number of hydrogen-bond acceptors (Lipinski definition) is 2. The second-order valence-electron chi connectivity index (χ2n) is 2.72. The van der Waals surface area contributed by atoms with Gasteiger partial charge in [0.05, 0.1) is 6.20 Å². The minimum atomic E-state index is -0.189. The van der Waals surface area contributed by atoms with E-state index in [1.165, 1.54) is 0 Å². The van der Waals surface area contributed by atoms with Crippen molar-refractivity contribution >= 4 is 11.8 Å². The summed E-state index contributed by atoms with van der Waals surface area (Å²) >= 11 is 0. The molecule has 1 aromatic rings. The Morgan fingerprint density at radius 3 is 3.00 bits per heavy atom. The minimum Gasteiger partial charge on any atom is -0.338 e. The summed E-state index contributed by atoms with van der Waals surface area (Å²) in [4.78, 5) is 11.2. The number of carbonyl (C=O) groups is 1. The molecule has 0 aliphatic heterocycles. The van der Waals surface area contributed by atoms with Crippen LogP contribution in [0.4, 0.5) is 10.6 Å². The molecular formula is C8H14N4O. The molecular weight excluding hydrogens is 168 g/mol. The Hall–Kier alpha value is -1.52. The molecule has 0 unspecified atom stereocenters. The molecule has 5 nitrogen and oxygen atoms in total. The number of hydrogen-bond donors (Lipinski definition) is 2. The fourth-order valence-corrected chi connectivity index (χ4v) is 0.896. The molecule has 0 bridgehead atoms. The molecule has 0 radical (unpaired) electrons. The summed E-state index contributed by atoms with van der Waals surface area (Å²) in [6, 6.07) is 1.55. The first-order valence-electron chi connectivity index (χ1n) is 4.27. The zero-order valence-electron chi connectivity index (χ0n) is 7.87. The van der Waals surface area contributed by atoms with Crippen molar-refractivity contribution in [3.05, 3.63) is 12.3 Å². The second kappa shape index (κ2) is 4.49. The van der Waals surface area contributed by atoms with Crippen LogP contribution in [0.5, 0.6) is 0 Å². The van der Waals surface area contributed by atoms with Gasteiger partial charge < -0.3 is 5.32 Å². The third-order valence-corrected chi connectivity index (χ3v) is 1.60. The van der Waals surface area contributed by atoms with Crippen molar-refractivity contribution in [2.45, 2.75) is 13.3 Å². The SMILES string of the molecule is CCCNC(=O)Nc1ccnn1C. The van der Waals surface area contributed by atoms with E-state index in [0.717, 1.165) is 6.42 Å². The molecule has 2 amide bonds. The maximum absolute atomic E-state index is 11.2. The quantitative estimate of drug-likeness (QED) is 0.731. The van der Waals surface area contributed by atoms with Gasteiger partial charge in [0.2, 0.25) is 0 Å². The predicted molar refractivity (Wildman–Crippen MR) is 50.5 cm³/mol. The van der Waals surface area contributed by atoms with Crippen molar-refractivity contribution in [2.75, 3.05) is 11.9 Å². The van der Waals surface area contributed by atoms with Gasteiger partial charge in [-0.2, -0.15) is 5.10 Å². The van der Waals surface area contributed by atoms with Crippen LogP contribution in [0.25, 0.3) is 0 Å². The average Bonchev–Trinajstić information content (AvgIpc) is 2.48. The summed E-state index contributed by atoms with van der Waals surface area (Å²) in [5.41, 5.74) is 0. The first kappa shape index (κ1) is 9.57. The summed E-state index contributed by atoms with van der Waals surface area (Å²) in [6.07, 6.45) is 2.56. The lowest BCUT2D eigenvalue weighted by Crippen LogP contribution is -2.29.